The van der Waals surface area contributed by atoms with E-state index in [1.807, 2.05) is 0 Å². The minimum absolute atomic E-state index is 0.0489. The van der Waals surface area contributed by atoms with E-state index in [9.17, 15) is 8.42 Å². The zero-order valence-corrected chi connectivity index (χ0v) is 13.5. The lowest BCUT2D eigenvalue weighted by Gasteiger charge is -2.19. The molecule has 0 radical (unpaired) electrons. The van der Waals surface area contributed by atoms with Crippen molar-refractivity contribution in [2.24, 2.45) is 0 Å². The van der Waals surface area contributed by atoms with Gasteiger partial charge in [-0.15, -0.1) is 0 Å². The second-order valence-electron chi connectivity index (χ2n) is 4.54. The molecule has 0 saturated heterocycles. The molecule has 0 fully saturated rings. The van der Waals surface area contributed by atoms with E-state index in [1.165, 1.54) is 24.3 Å². The van der Waals surface area contributed by atoms with Crippen molar-refractivity contribution in [1.29, 1.82) is 0 Å². The first-order valence-corrected chi connectivity index (χ1v) is 8.57. The Kier molecular flexibility index (Phi) is 4.08. The molecule has 0 aliphatic carbocycles. The fourth-order valence-electron chi connectivity index (χ4n) is 1.97. The Labute approximate surface area is 137 Å². The van der Waals surface area contributed by atoms with E-state index >= 15 is 0 Å². The number of hydrogen-bond donors (Lipinski definition) is 1. The monoisotopic (exact) mass is 359 g/mol. The average molecular weight is 360 g/mol. The Morgan fingerprint density at radius 3 is 2.45 bits per heavy atom. The SMILES string of the molecule is O=S(=O)(Nc1cc(Cl)ccc1Cl)c1ccc2c(c1)OCCO2. The predicted molar refractivity (Wildman–Crippen MR) is 84.7 cm³/mol. The maximum Gasteiger partial charge on any atom is 0.262 e. The maximum atomic E-state index is 12.4. The number of nitrogens with one attached hydrogen (secondary N) is 1. The lowest BCUT2D eigenvalue weighted by atomic mass is 10.3. The molecule has 0 aromatic heterocycles. The molecule has 0 unspecified atom stereocenters. The zero-order chi connectivity index (χ0) is 15.7. The van der Waals surface area contributed by atoms with Crippen LogP contribution in [0.15, 0.2) is 41.3 Å². The Bertz CT molecular complexity index is 824. The Hall–Kier alpha value is -1.63. The molecule has 0 amide bonds. The molecule has 0 bridgehead atoms. The van der Waals surface area contributed by atoms with Crippen LogP contribution in [-0.4, -0.2) is 21.6 Å². The topological polar surface area (TPSA) is 64.6 Å². The van der Waals surface area contributed by atoms with Crippen LogP contribution >= 0.6 is 23.2 Å². The van der Waals surface area contributed by atoms with Crippen molar-refractivity contribution in [3.05, 3.63) is 46.4 Å². The molecule has 3 rings (SSSR count). The molecule has 2 aromatic carbocycles. The summed E-state index contributed by atoms with van der Waals surface area (Å²) in [6.45, 7) is 0.819. The third-order valence-electron chi connectivity index (χ3n) is 3.00. The van der Waals surface area contributed by atoms with E-state index in [0.717, 1.165) is 0 Å². The van der Waals surface area contributed by atoms with Crippen molar-refractivity contribution in [2.75, 3.05) is 17.9 Å². The fourth-order valence-corrected chi connectivity index (χ4v) is 3.45. The van der Waals surface area contributed by atoms with Crippen molar-refractivity contribution in [3.63, 3.8) is 0 Å². The Balaban J connectivity index is 1.94. The smallest absolute Gasteiger partial charge is 0.262 e. The first-order valence-electron chi connectivity index (χ1n) is 6.33. The highest BCUT2D eigenvalue weighted by molar-refractivity contribution is 7.92. The molecule has 0 saturated carbocycles. The molecule has 0 atom stereocenters. The first-order chi connectivity index (χ1) is 10.5. The van der Waals surface area contributed by atoms with Crippen molar-refractivity contribution >= 4 is 38.9 Å². The van der Waals surface area contributed by atoms with E-state index in [2.05, 4.69) is 4.72 Å². The predicted octanol–water partition coefficient (Wildman–Crippen LogP) is 3.57. The lowest BCUT2D eigenvalue weighted by molar-refractivity contribution is 0.171. The number of hydrogen-bond acceptors (Lipinski definition) is 4. The summed E-state index contributed by atoms with van der Waals surface area (Å²) in [6.07, 6.45) is 0. The van der Waals surface area contributed by atoms with Gasteiger partial charge in [0.1, 0.15) is 13.2 Å². The van der Waals surface area contributed by atoms with E-state index in [4.69, 9.17) is 32.7 Å². The van der Waals surface area contributed by atoms with Crippen LogP contribution in [0.25, 0.3) is 0 Å². The van der Waals surface area contributed by atoms with Gasteiger partial charge in [0.15, 0.2) is 11.5 Å². The van der Waals surface area contributed by atoms with Gasteiger partial charge in [-0.1, -0.05) is 23.2 Å². The molecule has 116 valence electrons. The third kappa shape index (κ3) is 3.09. The molecule has 1 aliphatic rings. The van der Waals surface area contributed by atoms with Gasteiger partial charge in [-0.25, -0.2) is 8.42 Å². The lowest BCUT2D eigenvalue weighted by Crippen LogP contribution is -2.17. The summed E-state index contributed by atoms with van der Waals surface area (Å²) in [4.78, 5) is 0.0489. The van der Waals surface area contributed by atoms with Crippen molar-refractivity contribution in [3.8, 4) is 11.5 Å². The van der Waals surface area contributed by atoms with Gasteiger partial charge in [0.05, 0.1) is 15.6 Å². The molecular formula is C14H11Cl2NO4S. The minimum Gasteiger partial charge on any atom is -0.486 e. The summed E-state index contributed by atoms with van der Waals surface area (Å²) in [6, 6.07) is 8.95. The number of anilines is 1. The van der Waals surface area contributed by atoms with Crippen molar-refractivity contribution in [2.45, 2.75) is 4.90 Å². The quantitative estimate of drug-likeness (QED) is 0.909. The molecule has 1 N–H and O–H groups in total. The number of benzene rings is 2. The molecule has 8 heteroatoms. The number of ether oxygens (including phenoxy) is 2. The molecule has 5 nitrogen and oxygen atoms in total. The van der Waals surface area contributed by atoms with E-state index in [-0.39, 0.29) is 15.6 Å². The van der Waals surface area contributed by atoms with E-state index in [0.29, 0.717) is 29.7 Å². The second-order valence-corrected chi connectivity index (χ2v) is 7.06. The van der Waals surface area contributed by atoms with Crippen LogP contribution < -0.4 is 14.2 Å². The van der Waals surface area contributed by atoms with Crippen LogP contribution in [0, 0.1) is 0 Å². The normalized spacial score (nSPS) is 13.7. The third-order valence-corrected chi connectivity index (χ3v) is 4.92. The minimum atomic E-state index is -3.81. The van der Waals surface area contributed by atoms with Gasteiger partial charge in [-0.2, -0.15) is 0 Å². The van der Waals surface area contributed by atoms with Gasteiger partial charge >= 0.3 is 0 Å². The van der Waals surface area contributed by atoms with Crippen LogP contribution in [0.4, 0.5) is 5.69 Å². The van der Waals surface area contributed by atoms with Gasteiger partial charge < -0.3 is 9.47 Å². The molecule has 1 heterocycles. The van der Waals surface area contributed by atoms with Gasteiger partial charge in [0.25, 0.3) is 10.0 Å². The van der Waals surface area contributed by atoms with Gasteiger partial charge in [0, 0.05) is 11.1 Å². The number of rotatable bonds is 3. The molecule has 1 aliphatic heterocycles. The number of halogens is 2. The number of fused-ring (bicyclic) bond motifs is 1. The summed E-state index contributed by atoms with van der Waals surface area (Å²) < 4.78 is 38.0. The summed E-state index contributed by atoms with van der Waals surface area (Å²) in [5.74, 6) is 0.914. The van der Waals surface area contributed by atoms with Crippen LogP contribution in [0.5, 0.6) is 11.5 Å². The van der Waals surface area contributed by atoms with E-state index in [1.54, 1.807) is 12.1 Å². The van der Waals surface area contributed by atoms with Crippen molar-refractivity contribution < 1.29 is 17.9 Å². The van der Waals surface area contributed by atoms with Gasteiger partial charge in [0.2, 0.25) is 0 Å². The molecule has 2 aromatic rings. The Morgan fingerprint density at radius 1 is 0.955 bits per heavy atom. The highest BCUT2D eigenvalue weighted by atomic mass is 35.5. The molecular weight excluding hydrogens is 349 g/mol. The zero-order valence-electron chi connectivity index (χ0n) is 11.2. The Morgan fingerprint density at radius 2 is 1.68 bits per heavy atom. The molecule has 0 spiro atoms. The summed E-state index contributed by atoms with van der Waals surface area (Å²) >= 11 is 11.8. The van der Waals surface area contributed by atoms with Crippen LogP contribution in [0.1, 0.15) is 0 Å². The fraction of sp³-hybridized carbons (Fsp3) is 0.143. The van der Waals surface area contributed by atoms with Crippen LogP contribution in [-0.2, 0) is 10.0 Å². The summed E-state index contributed by atoms with van der Waals surface area (Å²) in [5.41, 5.74) is 0.212. The highest BCUT2D eigenvalue weighted by Crippen LogP contribution is 2.33. The highest BCUT2D eigenvalue weighted by Gasteiger charge is 2.20. The second kappa shape index (κ2) is 5.87. The largest absolute Gasteiger partial charge is 0.486 e. The maximum absolute atomic E-state index is 12.4. The summed E-state index contributed by atoms with van der Waals surface area (Å²) in [7, 11) is -3.81. The molecule has 22 heavy (non-hydrogen) atoms. The van der Waals surface area contributed by atoms with E-state index < -0.39 is 10.0 Å². The van der Waals surface area contributed by atoms with Crippen LogP contribution in [0.3, 0.4) is 0 Å². The average Bonchev–Trinajstić information content (AvgIpc) is 2.50. The van der Waals surface area contributed by atoms with Crippen molar-refractivity contribution in [1.82, 2.24) is 0 Å². The number of sulfonamides is 1. The first kappa shape index (κ1) is 15.3. The van der Waals surface area contributed by atoms with Crippen LogP contribution in [0.2, 0.25) is 10.0 Å². The van der Waals surface area contributed by atoms with Gasteiger partial charge in [-0.05, 0) is 30.3 Å². The standard InChI is InChI=1S/C14H11Cl2NO4S/c15-9-1-3-11(16)12(7-9)17-22(18,19)10-2-4-13-14(8-10)21-6-5-20-13/h1-4,7-8,17H,5-6H2. The van der Waals surface area contributed by atoms with Gasteiger partial charge in [-0.3, -0.25) is 4.72 Å². The summed E-state index contributed by atoms with van der Waals surface area (Å²) in [5, 5.41) is 0.634.